The van der Waals surface area contributed by atoms with Crippen molar-refractivity contribution in [3.8, 4) is 11.3 Å². The second-order valence-corrected chi connectivity index (χ2v) is 4.68. The van der Waals surface area contributed by atoms with Crippen LogP contribution in [0.1, 0.15) is 0 Å². The lowest BCUT2D eigenvalue weighted by Gasteiger charge is -2.00. The molecule has 0 saturated carbocycles. The molecule has 0 aliphatic rings. The van der Waals surface area contributed by atoms with Crippen molar-refractivity contribution in [3.63, 3.8) is 0 Å². The van der Waals surface area contributed by atoms with Gasteiger partial charge in [0.05, 0.1) is 11.9 Å². The molecule has 2 nitrogen and oxygen atoms in total. The summed E-state index contributed by atoms with van der Waals surface area (Å²) in [4.78, 5) is 0. The quantitative estimate of drug-likeness (QED) is 0.788. The smallest absolute Gasteiger partial charge is 0.0941 e. The molecule has 1 heterocycles. The van der Waals surface area contributed by atoms with Crippen LogP contribution in [0.15, 0.2) is 33.2 Å². The van der Waals surface area contributed by atoms with Gasteiger partial charge in [0.2, 0.25) is 0 Å². The first-order chi connectivity index (χ1) is 6.66. The normalized spacial score (nSPS) is 10.5. The molecule has 0 N–H and O–H groups in total. The summed E-state index contributed by atoms with van der Waals surface area (Å²) >= 11 is 6.91. The average Bonchev–Trinajstić information content (AvgIpc) is 2.51. The van der Waals surface area contributed by atoms with E-state index in [0.717, 1.165) is 20.2 Å². The summed E-state index contributed by atoms with van der Waals surface area (Å²) in [6.07, 6.45) is 2.98. The summed E-state index contributed by atoms with van der Waals surface area (Å²) in [5.74, 6) is 0. The fraction of sp³-hybridized carbons (Fsp3) is 0.100. The van der Waals surface area contributed by atoms with Crippen molar-refractivity contribution in [1.29, 1.82) is 0 Å². The van der Waals surface area contributed by atoms with Crippen molar-refractivity contribution in [3.05, 3.63) is 39.4 Å². The van der Waals surface area contributed by atoms with Gasteiger partial charge in [0.1, 0.15) is 0 Å². The number of aromatic nitrogens is 2. The number of benzene rings is 1. The second-order valence-electron chi connectivity index (χ2n) is 2.91. The van der Waals surface area contributed by atoms with Crippen molar-refractivity contribution < 1.29 is 0 Å². The zero-order chi connectivity index (χ0) is 10.1. The average molecular weight is 315 g/mol. The van der Waals surface area contributed by atoms with Crippen LogP contribution < -0.4 is 0 Å². The summed E-state index contributed by atoms with van der Waals surface area (Å²) in [6.45, 7) is 0. The highest BCUT2D eigenvalue weighted by molar-refractivity contribution is 9.11. The van der Waals surface area contributed by atoms with Crippen LogP contribution >= 0.6 is 31.9 Å². The standard InChI is InChI=1S/C10H7Br2N2/c1-14-5-4-10(13-14)8-3-2-7(11)6-9(8)12/h2-4,6H,1H3. The highest BCUT2D eigenvalue weighted by atomic mass is 79.9. The van der Waals surface area contributed by atoms with Crippen molar-refractivity contribution >= 4 is 31.9 Å². The van der Waals surface area contributed by atoms with Gasteiger partial charge < -0.3 is 0 Å². The van der Waals surface area contributed by atoms with Crippen molar-refractivity contribution in [2.75, 3.05) is 0 Å². The number of halogens is 2. The van der Waals surface area contributed by atoms with Gasteiger partial charge in [0.25, 0.3) is 0 Å². The van der Waals surface area contributed by atoms with E-state index in [1.54, 1.807) is 4.68 Å². The molecule has 1 aromatic heterocycles. The Hall–Kier alpha value is -0.610. The maximum Gasteiger partial charge on any atom is 0.0941 e. The van der Waals surface area contributed by atoms with E-state index in [1.165, 1.54) is 0 Å². The minimum atomic E-state index is 0.923. The van der Waals surface area contributed by atoms with Gasteiger partial charge in [-0.05, 0) is 18.2 Å². The Labute approximate surface area is 99.2 Å². The van der Waals surface area contributed by atoms with Gasteiger partial charge >= 0.3 is 0 Å². The molecule has 0 aliphatic heterocycles. The van der Waals surface area contributed by atoms with Crippen molar-refractivity contribution in [1.82, 2.24) is 9.78 Å². The van der Waals surface area contributed by atoms with E-state index in [1.807, 2.05) is 31.3 Å². The predicted octanol–water partition coefficient (Wildman–Crippen LogP) is 3.41. The lowest BCUT2D eigenvalue weighted by molar-refractivity contribution is 0.764. The SMILES string of the molecule is Cn1[c]cc(-c2ccc(Br)cc2Br)n1. The number of aryl methyl sites for hydroxylation is 1. The molecule has 2 rings (SSSR count). The maximum absolute atomic E-state index is 4.29. The number of rotatable bonds is 1. The molecular formula is C10H7Br2N2. The lowest BCUT2D eigenvalue weighted by atomic mass is 10.2. The van der Waals surface area contributed by atoms with Crippen LogP contribution in [-0.2, 0) is 7.05 Å². The molecule has 2 aromatic rings. The first-order valence-electron chi connectivity index (χ1n) is 4.04. The van der Waals surface area contributed by atoms with Gasteiger partial charge in [0.15, 0.2) is 0 Å². The highest BCUT2D eigenvalue weighted by Crippen LogP contribution is 2.29. The maximum atomic E-state index is 4.29. The Morgan fingerprint density at radius 1 is 1.36 bits per heavy atom. The van der Waals surface area contributed by atoms with Gasteiger partial charge in [-0.1, -0.05) is 37.9 Å². The van der Waals surface area contributed by atoms with E-state index < -0.39 is 0 Å². The van der Waals surface area contributed by atoms with Gasteiger partial charge in [-0.15, -0.1) is 0 Å². The molecule has 14 heavy (non-hydrogen) atoms. The zero-order valence-electron chi connectivity index (χ0n) is 7.46. The summed E-state index contributed by atoms with van der Waals surface area (Å²) in [5, 5.41) is 4.29. The van der Waals surface area contributed by atoms with Gasteiger partial charge in [-0.3, -0.25) is 4.68 Å². The molecule has 0 unspecified atom stereocenters. The first-order valence-corrected chi connectivity index (χ1v) is 5.62. The Morgan fingerprint density at radius 2 is 2.14 bits per heavy atom. The van der Waals surface area contributed by atoms with Crippen LogP contribution in [-0.4, -0.2) is 9.78 Å². The minimum Gasteiger partial charge on any atom is -0.266 e. The molecule has 0 spiro atoms. The fourth-order valence-electron chi connectivity index (χ4n) is 1.20. The summed E-state index contributed by atoms with van der Waals surface area (Å²) in [7, 11) is 1.86. The van der Waals surface area contributed by atoms with Crippen LogP contribution in [0.5, 0.6) is 0 Å². The number of hydrogen-bond acceptors (Lipinski definition) is 1. The van der Waals surface area contributed by atoms with Crippen LogP contribution in [0.2, 0.25) is 0 Å². The highest BCUT2D eigenvalue weighted by Gasteiger charge is 2.05. The molecule has 1 radical (unpaired) electrons. The summed E-state index contributed by atoms with van der Waals surface area (Å²) in [6, 6.07) is 7.89. The van der Waals surface area contributed by atoms with Gasteiger partial charge in [0, 0.05) is 21.6 Å². The van der Waals surface area contributed by atoms with Crippen LogP contribution in [0.4, 0.5) is 0 Å². The van der Waals surface area contributed by atoms with Crippen LogP contribution in [0.3, 0.4) is 0 Å². The molecule has 0 aliphatic carbocycles. The van der Waals surface area contributed by atoms with Crippen molar-refractivity contribution in [2.24, 2.45) is 7.05 Å². The van der Waals surface area contributed by atoms with E-state index in [9.17, 15) is 0 Å². The molecule has 0 atom stereocenters. The van der Waals surface area contributed by atoms with E-state index in [0.29, 0.717) is 0 Å². The first kappa shape index (κ1) is 9.93. The molecule has 1 aromatic carbocycles. The molecule has 71 valence electrons. The lowest BCUT2D eigenvalue weighted by Crippen LogP contribution is -1.88. The molecule has 0 saturated heterocycles. The minimum absolute atomic E-state index is 0.923. The zero-order valence-corrected chi connectivity index (χ0v) is 10.6. The number of nitrogens with zero attached hydrogens (tertiary/aromatic N) is 2. The predicted molar refractivity (Wildman–Crippen MR) is 62.9 cm³/mol. The number of hydrogen-bond donors (Lipinski definition) is 0. The fourth-order valence-corrected chi connectivity index (χ4v) is 2.45. The monoisotopic (exact) mass is 313 g/mol. The Bertz CT molecular complexity index is 463. The third kappa shape index (κ3) is 1.91. The van der Waals surface area contributed by atoms with E-state index >= 15 is 0 Å². The van der Waals surface area contributed by atoms with E-state index in [4.69, 9.17) is 0 Å². The summed E-state index contributed by atoms with van der Waals surface area (Å²) in [5.41, 5.74) is 2.00. The second kappa shape index (κ2) is 3.87. The van der Waals surface area contributed by atoms with Gasteiger partial charge in [-0.2, -0.15) is 5.10 Å². The molecule has 0 bridgehead atoms. The largest absolute Gasteiger partial charge is 0.266 e. The third-order valence-electron chi connectivity index (χ3n) is 1.85. The van der Waals surface area contributed by atoms with E-state index in [-0.39, 0.29) is 0 Å². The Morgan fingerprint density at radius 3 is 2.71 bits per heavy atom. The van der Waals surface area contributed by atoms with Crippen LogP contribution in [0.25, 0.3) is 11.3 Å². The molecular weight excluding hydrogens is 308 g/mol. The molecule has 0 fully saturated rings. The third-order valence-corrected chi connectivity index (χ3v) is 3.00. The Kier molecular flexibility index (Phi) is 2.74. The topological polar surface area (TPSA) is 17.8 Å². The molecule has 4 heteroatoms. The van der Waals surface area contributed by atoms with Crippen molar-refractivity contribution in [2.45, 2.75) is 0 Å². The summed E-state index contributed by atoms with van der Waals surface area (Å²) < 4.78 is 3.75. The van der Waals surface area contributed by atoms with Gasteiger partial charge in [-0.25, -0.2) is 0 Å². The van der Waals surface area contributed by atoms with Crippen LogP contribution in [0, 0.1) is 6.20 Å². The molecule has 0 amide bonds. The van der Waals surface area contributed by atoms with E-state index in [2.05, 4.69) is 43.2 Å². The Balaban J connectivity index is 2.52.